The van der Waals surface area contributed by atoms with Crippen molar-refractivity contribution in [1.82, 2.24) is 10.2 Å². The normalized spacial score (nSPS) is 32.8. The molecular formula is C18H20ClN3O5. The second-order valence-electron chi connectivity index (χ2n) is 7.16. The molecule has 27 heavy (non-hydrogen) atoms. The Morgan fingerprint density at radius 2 is 2.07 bits per heavy atom. The summed E-state index contributed by atoms with van der Waals surface area (Å²) in [6, 6.07) is 4.31. The minimum absolute atomic E-state index is 0.105. The zero-order valence-corrected chi connectivity index (χ0v) is 15.6. The first-order chi connectivity index (χ1) is 12.8. The first kappa shape index (κ1) is 18.4. The van der Waals surface area contributed by atoms with Crippen molar-refractivity contribution in [3.8, 4) is 0 Å². The van der Waals surface area contributed by atoms with E-state index in [9.17, 15) is 19.5 Å². The van der Waals surface area contributed by atoms with Gasteiger partial charge in [-0.3, -0.25) is 24.6 Å². The van der Waals surface area contributed by atoms with Gasteiger partial charge in [-0.1, -0.05) is 23.7 Å². The number of ether oxygens (including phenoxy) is 1. The van der Waals surface area contributed by atoms with Crippen molar-refractivity contribution in [3.05, 3.63) is 28.8 Å². The lowest BCUT2D eigenvalue weighted by molar-refractivity contribution is -0.143. The molecule has 3 aliphatic heterocycles. The van der Waals surface area contributed by atoms with E-state index in [1.165, 1.54) is 14.0 Å². The largest absolute Gasteiger partial charge is 0.392 e. The molecular weight excluding hydrogens is 374 g/mol. The Balaban J connectivity index is 1.87. The molecule has 2 fully saturated rings. The van der Waals surface area contributed by atoms with Crippen LogP contribution in [0, 0.1) is 11.8 Å². The first-order valence-electron chi connectivity index (χ1n) is 8.75. The lowest BCUT2D eigenvalue weighted by atomic mass is 9.76. The quantitative estimate of drug-likeness (QED) is 0.626. The van der Waals surface area contributed by atoms with Gasteiger partial charge in [-0.05, 0) is 13.0 Å². The van der Waals surface area contributed by atoms with Gasteiger partial charge < -0.3 is 15.2 Å². The van der Waals surface area contributed by atoms with Gasteiger partial charge in [0, 0.05) is 18.7 Å². The summed E-state index contributed by atoms with van der Waals surface area (Å²) < 4.78 is 5.00. The van der Waals surface area contributed by atoms with Crippen LogP contribution in [0.4, 0.5) is 5.69 Å². The number of fused-ring (bicyclic) bond motifs is 4. The molecule has 144 valence electrons. The first-order valence-corrected chi connectivity index (χ1v) is 9.12. The number of nitrogens with one attached hydrogen (secondary N) is 2. The number of carbonyl (C=O) groups is 3. The van der Waals surface area contributed by atoms with Crippen LogP contribution in [0.3, 0.4) is 0 Å². The number of anilines is 1. The van der Waals surface area contributed by atoms with Crippen LogP contribution in [0.1, 0.15) is 12.5 Å². The van der Waals surface area contributed by atoms with E-state index < -0.39 is 47.2 Å². The van der Waals surface area contributed by atoms with Crippen LogP contribution in [-0.2, 0) is 24.7 Å². The Labute approximate surface area is 160 Å². The van der Waals surface area contributed by atoms with Gasteiger partial charge in [0.2, 0.25) is 17.7 Å². The van der Waals surface area contributed by atoms with Crippen molar-refractivity contribution >= 4 is 35.0 Å². The van der Waals surface area contributed by atoms with Crippen molar-refractivity contribution in [1.29, 1.82) is 0 Å². The Morgan fingerprint density at radius 3 is 2.74 bits per heavy atom. The highest BCUT2D eigenvalue weighted by Gasteiger charge is 2.71. The van der Waals surface area contributed by atoms with E-state index in [-0.39, 0.29) is 13.2 Å². The number of para-hydroxylation sites is 1. The summed E-state index contributed by atoms with van der Waals surface area (Å²) in [6.45, 7) is 1.84. The third-order valence-electron chi connectivity index (χ3n) is 5.76. The number of methoxy groups -OCH3 is 1. The molecule has 9 heteroatoms. The van der Waals surface area contributed by atoms with E-state index in [0.717, 1.165) is 4.90 Å². The van der Waals surface area contributed by atoms with Crippen LogP contribution >= 0.6 is 11.6 Å². The molecule has 3 aliphatic rings. The monoisotopic (exact) mass is 393 g/mol. The maximum atomic E-state index is 13.2. The number of aliphatic hydroxyl groups excluding tert-OH is 1. The molecule has 0 saturated carbocycles. The summed E-state index contributed by atoms with van der Waals surface area (Å²) >= 11 is 6.23. The van der Waals surface area contributed by atoms with Gasteiger partial charge in [0.05, 0.1) is 41.8 Å². The summed E-state index contributed by atoms with van der Waals surface area (Å²) in [6.07, 6.45) is -0.938. The van der Waals surface area contributed by atoms with E-state index in [0.29, 0.717) is 16.3 Å². The van der Waals surface area contributed by atoms with Crippen LogP contribution in [-0.4, -0.2) is 60.1 Å². The average Bonchev–Trinajstić information content (AvgIpc) is 3.21. The van der Waals surface area contributed by atoms with E-state index >= 15 is 0 Å². The van der Waals surface area contributed by atoms with Crippen LogP contribution in [0.5, 0.6) is 0 Å². The fraction of sp³-hybridized carbons (Fsp3) is 0.500. The summed E-state index contributed by atoms with van der Waals surface area (Å²) in [7, 11) is 1.48. The smallest absolute Gasteiger partial charge is 0.250 e. The van der Waals surface area contributed by atoms with Gasteiger partial charge in [0.1, 0.15) is 5.54 Å². The SMILES string of the molecule is COCCN1C(=O)[C@@H]2[C@@H]([C@H](C)O)N[C@]3(C(=O)Nc4c(Cl)cccc43)[C@@H]2C1=O. The molecule has 5 atom stereocenters. The molecule has 1 aromatic rings. The predicted octanol–water partition coefficient (Wildman–Crippen LogP) is 0.0876. The number of rotatable bonds is 4. The molecule has 0 aromatic heterocycles. The number of hydrogen-bond acceptors (Lipinski definition) is 6. The minimum Gasteiger partial charge on any atom is -0.392 e. The van der Waals surface area contributed by atoms with Crippen molar-refractivity contribution in [2.75, 3.05) is 25.6 Å². The Morgan fingerprint density at radius 1 is 1.33 bits per heavy atom. The fourth-order valence-corrected chi connectivity index (χ4v) is 4.82. The van der Waals surface area contributed by atoms with Crippen molar-refractivity contribution in [2.45, 2.75) is 24.6 Å². The highest BCUT2D eigenvalue weighted by Crippen LogP contribution is 2.54. The van der Waals surface area contributed by atoms with Crippen LogP contribution in [0.2, 0.25) is 5.02 Å². The third-order valence-corrected chi connectivity index (χ3v) is 6.08. The molecule has 3 amide bonds. The summed E-state index contributed by atoms with van der Waals surface area (Å²) in [4.78, 5) is 40.4. The number of benzene rings is 1. The zero-order chi connectivity index (χ0) is 19.5. The molecule has 0 unspecified atom stereocenters. The molecule has 4 rings (SSSR count). The fourth-order valence-electron chi connectivity index (χ4n) is 4.60. The van der Waals surface area contributed by atoms with Crippen molar-refractivity contribution < 1.29 is 24.2 Å². The van der Waals surface area contributed by atoms with Gasteiger partial charge in [0.15, 0.2) is 0 Å². The van der Waals surface area contributed by atoms with E-state index in [1.807, 2.05) is 0 Å². The van der Waals surface area contributed by atoms with Gasteiger partial charge in [-0.15, -0.1) is 0 Å². The lowest BCUT2D eigenvalue weighted by Gasteiger charge is -2.30. The average molecular weight is 394 g/mol. The summed E-state index contributed by atoms with van der Waals surface area (Å²) in [5.41, 5.74) is -0.494. The number of carbonyl (C=O) groups excluding carboxylic acids is 3. The zero-order valence-electron chi connectivity index (χ0n) is 14.9. The number of imide groups is 1. The molecule has 1 spiro atoms. The Bertz CT molecular complexity index is 844. The van der Waals surface area contributed by atoms with E-state index in [4.69, 9.17) is 16.3 Å². The molecule has 0 radical (unpaired) electrons. The maximum Gasteiger partial charge on any atom is 0.250 e. The highest BCUT2D eigenvalue weighted by atomic mass is 35.5. The molecule has 3 N–H and O–H groups in total. The molecule has 2 saturated heterocycles. The van der Waals surface area contributed by atoms with E-state index in [2.05, 4.69) is 10.6 Å². The van der Waals surface area contributed by atoms with Gasteiger partial charge in [0.25, 0.3) is 0 Å². The Hall–Kier alpha value is -2.00. The number of nitrogens with zero attached hydrogens (tertiary/aromatic N) is 1. The molecule has 8 nitrogen and oxygen atoms in total. The Kier molecular flexibility index (Phi) is 4.27. The molecule has 0 aliphatic carbocycles. The van der Waals surface area contributed by atoms with Gasteiger partial charge >= 0.3 is 0 Å². The second-order valence-corrected chi connectivity index (χ2v) is 7.57. The number of halogens is 1. The van der Waals surface area contributed by atoms with Gasteiger partial charge in [-0.25, -0.2) is 0 Å². The van der Waals surface area contributed by atoms with E-state index in [1.54, 1.807) is 18.2 Å². The van der Waals surface area contributed by atoms with Crippen molar-refractivity contribution in [2.24, 2.45) is 11.8 Å². The van der Waals surface area contributed by atoms with Crippen molar-refractivity contribution in [3.63, 3.8) is 0 Å². The highest BCUT2D eigenvalue weighted by molar-refractivity contribution is 6.35. The summed E-state index contributed by atoms with van der Waals surface area (Å²) in [5.74, 6) is -3.09. The van der Waals surface area contributed by atoms with Crippen LogP contribution in [0.25, 0.3) is 0 Å². The lowest BCUT2D eigenvalue weighted by Crippen LogP contribution is -2.55. The topological polar surface area (TPSA) is 108 Å². The standard InChI is InChI=1S/C18H20ClN3O5/c1-8(23)13-11-12(16(25)22(15(11)24)6-7-27-2)18(21-13)9-4-3-5-10(19)14(9)20-17(18)26/h3-5,8,11-13,21,23H,6-7H2,1-2H3,(H,20,26)/t8-,11-,12-,13+,18-/m0/s1. The summed E-state index contributed by atoms with van der Waals surface area (Å²) in [5, 5.41) is 16.5. The molecule has 0 bridgehead atoms. The molecule has 1 aromatic carbocycles. The number of hydrogen-bond donors (Lipinski definition) is 3. The third kappa shape index (κ3) is 2.30. The maximum absolute atomic E-state index is 13.2. The number of likely N-dealkylation sites (tertiary alicyclic amines) is 1. The number of amides is 3. The number of aliphatic hydroxyl groups is 1. The molecule has 3 heterocycles. The van der Waals surface area contributed by atoms with Gasteiger partial charge in [-0.2, -0.15) is 0 Å². The minimum atomic E-state index is -1.44. The predicted molar refractivity (Wildman–Crippen MR) is 95.9 cm³/mol. The van der Waals surface area contributed by atoms with Crippen LogP contribution in [0.15, 0.2) is 18.2 Å². The van der Waals surface area contributed by atoms with Crippen LogP contribution < -0.4 is 10.6 Å². The second kappa shape index (κ2) is 6.27.